The summed E-state index contributed by atoms with van der Waals surface area (Å²) < 4.78 is 27.3. The molecule has 3 N–H and O–H groups in total. The third-order valence-electron chi connectivity index (χ3n) is 4.32. The van der Waals surface area contributed by atoms with Crippen LogP contribution >= 0.6 is 0 Å². The molecule has 1 heterocycles. The number of fused-ring (bicyclic) bond motifs is 1. The van der Waals surface area contributed by atoms with Gasteiger partial charge in [-0.2, -0.15) is 0 Å². The molecule has 1 amide bonds. The van der Waals surface area contributed by atoms with Crippen molar-refractivity contribution in [3.63, 3.8) is 0 Å². The molecule has 3 rings (SSSR count). The Morgan fingerprint density at radius 1 is 1.07 bits per heavy atom. The number of hydrogen-bond donors (Lipinski definition) is 3. The van der Waals surface area contributed by atoms with Crippen LogP contribution in [0.1, 0.15) is 42.3 Å². The molecule has 0 atom stereocenters. The maximum atomic E-state index is 12.7. The first-order valence-electron chi connectivity index (χ1n) is 9.47. The van der Waals surface area contributed by atoms with Crippen molar-refractivity contribution >= 4 is 32.5 Å². The Balaban J connectivity index is 1.80. The van der Waals surface area contributed by atoms with Crippen LogP contribution in [0, 0.1) is 6.92 Å². The van der Waals surface area contributed by atoms with Crippen molar-refractivity contribution in [2.45, 2.75) is 39.0 Å². The van der Waals surface area contributed by atoms with Gasteiger partial charge in [0, 0.05) is 33.8 Å². The van der Waals surface area contributed by atoms with Crippen molar-refractivity contribution in [1.82, 2.24) is 9.71 Å². The molecule has 30 heavy (non-hydrogen) atoms. The highest BCUT2D eigenvalue weighted by Gasteiger charge is 2.20. The number of carbonyl (C=O) groups is 1. The molecule has 7 nitrogen and oxygen atoms in total. The van der Waals surface area contributed by atoms with Crippen molar-refractivity contribution < 1.29 is 13.2 Å². The molecular formula is C22H25N3O4S. The first kappa shape index (κ1) is 21.7. The zero-order chi connectivity index (χ0) is 22.1. The zero-order valence-electron chi connectivity index (χ0n) is 17.4. The monoisotopic (exact) mass is 427 g/mol. The van der Waals surface area contributed by atoms with Gasteiger partial charge in [0.05, 0.1) is 5.75 Å². The highest BCUT2D eigenvalue weighted by molar-refractivity contribution is 7.88. The molecule has 8 heteroatoms. The second kappa shape index (κ2) is 8.04. The molecule has 0 fully saturated rings. The number of aromatic amines is 1. The van der Waals surface area contributed by atoms with Crippen LogP contribution in [0.2, 0.25) is 0 Å². The lowest BCUT2D eigenvalue weighted by molar-refractivity contribution is 0.102. The number of anilines is 1. The van der Waals surface area contributed by atoms with E-state index in [-0.39, 0.29) is 17.2 Å². The van der Waals surface area contributed by atoms with E-state index in [2.05, 4.69) is 15.0 Å². The Kier molecular flexibility index (Phi) is 5.83. The Bertz CT molecular complexity index is 1270. The van der Waals surface area contributed by atoms with Gasteiger partial charge in [0.2, 0.25) is 15.6 Å². The van der Waals surface area contributed by atoms with Crippen LogP contribution in [0.5, 0.6) is 0 Å². The van der Waals surface area contributed by atoms with Crippen LogP contribution in [0.4, 0.5) is 5.69 Å². The van der Waals surface area contributed by atoms with Crippen LogP contribution in [-0.4, -0.2) is 24.8 Å². The lowest BCUT2D eigenvalue weighted by atomic mass is 10.1. The summed E-state index contributed by atoms with van der Waals surface area (Å²) in [5.41, 5.74) is 2.20. The quantitative estimate of drug-likeness (QED) is 0.580. The minimum absolute atomic E-state index is 0.176. The topological polar surface area (TPSA) is 108 Å². The number of amides is 1. The molecule has 0 aliphatic rings. The van der Waals surface area contributed by atoms with E-state index < -0.39 is 15.6 Å². The molecule has 0 saturated carbocycles. The molecule has 0 radical (unpaired) electrons. The fourth-order valence-corrected chi connectivity index (χ4v) is 4.85. The highest BCUT2D eigenvalue weighted by Crippen LogP contribution is 2.20. The van der Waals surface area contributed by atoms with Crippen molar-refractivity contribution in [1.29, 1.82) is 0 Å². The average molecular weight is 428 g/mol. The van der Waals surface area contributed by atoms with E-state index >= 15 is 0 Å². The van der Waals surface area contributed by atoms with E-state index in [1.165, 1.54) is 6.07 Å². The molecule has 0 aliphatic heterocycles. The fourth-order valence-electron chi connectivity index (χ4n) is 3.23. The lowest BCUT2D eigenvalue weighted by Crippen LogP contribution is -2.41. The smallest absolute Gasteiger partial charge is 0.255 e. The van der Waals surface area contributed by atoms with E-state index in [0.717, 1.165) is 10.9 Å². The largest absolute Gasteiger partial charge is 0.322 e. The van der Waals surface area contributed by atoms with Gasteiger partial charge in [0.15, 0.2) is 0 Å². The second-order valence-corrected chi connectivity index (χ2v) is 10.1. The first-order valence-corrected chi connectivity index (χ1v) is 11.1. The van der Waals surface area contributed by atoms with Gasteiger partial charge in [0.1, 0.15) is 0 Å². The zero-order valence-corrected chi connectivity index (χ0v) is 18.2. The van der Waals surface area contributed by atoms with Gasteiger partial charge < -0.3 is 10.3 Å². The minimum Gasteiger partial charge on any atom is -0.322 e. The number of rotatable bonds is 5. The van der Waals surface area contributed by atoms with Gasteiger partial charge in [-0.3, -0.25) is 9.59 Å². The molecule has 0 bridgehead atoms. The highest BCUT2D eigenvalue weighted by atomic mass is 32.2. The summed E-state index contributed by atoms with van der Waals surface area (Å²) in [6.07, 6.45) is 0. The summed E-state index contributed by atoms with van der Waals surface area (Å²) in [7, 11) is -3.54. The number of hydrogen-bond acceptors (Lipinski definition) is 4. The maximum Gasteiger partial charge on any atom is 0.255 e. The molecular weight excluding hydrogens is 402 g/mol. The molecule has 158 valence electrons. The molecule has 0 saturated heterocycles. The van der Waals surface area contributed by atoms with Gasteiger partial charge in [-0.05, 0) is 69.2 Å². The van der Waals surface area contributed by atoms with E-state index in [9.17, 15) is 18.0 Å². The fraction of sp³-hybridized carbons (Fsp3) is 0.273. The Morgan fingerprint density at radius 3 is 2.50 bits per heavy atom. The molecule has 0 aliphatic carbocycles. The van der Waals surface area contributed by atoms with E-state index in [1.54, 1.807) is 63.2 Å². The van der Waals surface area contributed by atoms with Crippen LogP contribution in [0.3, 0.4) is 0 Å². The SMILES string of the molecule is Cc1cc(=O)[nH]c2ccc(NC(=O)c3cccc(CS(=O)(=O)NC(C)(C)C)c3)cc12. The van der Waals surface area contributed by atoms with Gasteiger partial charge in [0.25, 0.3) is 5.91 Å². The molecule has 0 unspecified atom stereocenters. The van der Waals surface area contributed by atoms with Crippen molar-refractivity contribution in [3.05, 3.63) is 75.6 Å². The average Bonchev–Trinajstić information content (AvgIpc) is 2.60. The van der Waals surface area contributed by atoms with E-state index in [0.29, 0.717) is 22.3 Å². The summed E-state index contributed by atoms with van der Waals surface area (Å²) in [4.78, 5) is 27.0. The Hall–Kier alpha value is -2.97. The van der Waals surface area contributed by atoms with E-state index in [4.69, 9.17) is 0 Å². The van der Waals surface area contributed by atoms with Gasteiger partial charge in [-0.15, -0.1) is 0 Å². The molecule has 2 aromatic carbocycles. The second-order valence-electron chi connectivity index (χ2n) is 8.34. The van der Waals surface area contributed by atoms with Crippen LogP contribution in [0.25, 0.3) is 10.9 Å². The van der Waals surface area contributed by atoms with Crippen molar-refractivity contribution in [2.75, 3.05) is 5.32 Å². The van der Waals surface area contributed by atoms with Gasteiger partial charge in [-0.25, -0.2) is 13.1 Å². The van der Waals surface area contributed by atoms with Crippen LogP contribution < -0.4 is 15.6 Å². The summed E-state index contributed by atoms with van der Waals surface area (Å²) in [5, 5.41) is 3.66. The lowest BCUT2D eigenvalue weighted by Gasteiger charge is -2.20. The number of sulfonamides is 1. The van der Waals surface area contributed by atoms with Crippen LogP contribution in [0.15, 0.2) is 53.3 Å². The van der Waals surface area contributed by atoms with E-state index in [1.807, 2.05) is 6.92 Å². The number of aromatic nitrogens is 1. The third-order valence-corrected chi connectivity index (χ3v) is 5.95. The predicted molar refractivity (Wildman–Crippen MR) is 119 cm³/mol. The van der Waals surface area contributed by atoms with Crippen molar-refractivity contribution in [3.8, 4) is 0 Å². The molecule has 0 spiro atoms. The first-order chi connectivity index (χ1) is 13.9. The number of carbonyl (C=O) groups excluding carboxylic acids is 1. The molecule has 1 aromatic heterocycles. The third kappa shape index (κ3) is 5.55. The normalized spacial score (nSPS) is 12.1. The van der Waals surface area contributed by atoms with Crippen LogP contribution in [-0.2, 0) is 15.8 Å². The number of H-pyrrole nitrogens is 1. The predicted octanol–water partition coefficient (Wildman–Crippen LogP) is 3.31. The summed E-state index contributed by atoms with van der Waals surface area (Å²) in [6, 6.07) is 13.3. The molecule has 3 aromatic rings. The number of nitrogens with one attached hydrogen (secondary N) is 3. The van der Waals surface area contributed by atoms with Crippen molar-refractivity contribution in [2.24, 2.45) is 0 Å². The van der Waals surface area contributed by atoms with Gasteiger partial charge in [-0.1, -0.05) is 12.1 Å². The summed E-state index contributed by atoms with van der Waals surface area (Å²) >= 11 is 0. The Morgan fingerprint density at radius 2 is 1.80 bits per heavy atom. The number of pyridine rings is 1. The number of benzene rings is 2. The standard InChI is InChI=1S/C22H25N3O4S/c1-14-10-20(26)24-19-9-8-17(12-18(14)19)23-21(27)16-7-5-6-15(11-16)13-30(28,29)25-22(2,3)4/h5-12,25H,13H2,1-4H3,(H,23,27)(H,24,26). The summed E-state index contributed by atoms with van der Waals surface area (Å²) in [5.74, 6) is -0.562. The minimum atomic E-state index is -3.54. The Labute approximate surface area is 175 Å². The van der Waals surface area contributed by atoms with Gasteiger partial charge >= 0.3 is 0 Å². The summed E-state index contributed by atoms with van der Waals surface area (Å²) in [6.45, 7) is 7.15. The number of aryl methyl sites for hydroxylation is 1. The maximum absolute atomic E-state index is 12.7.